The van der Waals surface area contributed by atoms with Gasteiger partial charge in [-0.25, -0.2) is 4.79 Å². The molecule has 6 nitrogen and oxygen atoms in total. The first kappa shape index (κ1) is 16.8. The molecule has 3 aliphatic rings. The van der Waals surface area contributed by atoms with Gasteiger partial charge < -0.3 is 24.3 Å². The van der Waals surface area contributed by atoms with Crippen molar-refractivity contribution in [3.05, 3.63) is 52.6 Å². The number of rotatable bonds is 1. The molecule has 1 fully saturated rings. The predicted molar refractivity (Wildman–Crippen MR) is 100 cm³/mol. The van der Waals surface area contributed by atoms with Crippen LogP contribution in [0.25, 0.3) is 10.9 Å². The largest absolute Gasteiger partial charge is 0.632 e. The zero-order chi connectivity index (χ0) is 18.8. The number of ether oxygens (including phenoxy) is 2. The van der Waals surface area contributed by atoms with Crippen molar-refractivity contribution in [3.63, 3.8) is 0 Å². The van der Waals surface area contributed by atoms with Crippen LogP contribution in [0.4, 0.5) is 0 Å². The fraction of sp³-hybridized carbons (Fsp3) is 0.476. The van der Waals surface area contributed by atoms with Crippen LogP contribution >= 0.6 is 0 Å². The Kier molecular flexibility index (Phi) is 3.64. The average molecular weight is 368 g/mol. The molecule has 3 aliphatic heterocycles. The van der Waals surface area contributed by atoms with Gasteiger partial charge in [-0.2, -0.15) is 0 Å². The number of carbonyl (C=O) groups is 1. The first-order valence-electron chi connectivity index (χ1n) is 9.63. The van der Waals surface area contributed by atoms with Gasteiger partial charge in [0, 0.05) is 29.7 Å². The highest BCUT2D eigenvalue weighted by atomic mass is 16.6. The molecule has 1 aromatic heterocycles. The molecule has 4 heterocycles. The second-order valence-corrected chi connectivity index (χ2v) is 8.10. The molecule has 6 heteroatoms. The summed E-state index contributed by atoms with van der Waals surface area (Å²) in [5, 5.41) is 15.0. The first-order valence-corrected chi connectivity index (χ1v) is 9.63. The number of aromatic amines is 1. The normalized spacial score (nSPS) is 34.7. The fourth-order valence-electron chi connectivity index (χ4n) is 5.41. The molecule has 5 atom stereocenters. The molecule has 1 aromatic carbocycles. The van der Waals surface area contributed by atoms with E-state index in [0.29, 0.717) is 25.1 Å². The van der Waals surface area contributed by atoms with Crippen molar-refractivity contribution in [1.29, 1.82) is 0 Å². The minimum Gasteiger partial charge on any atom is -0.632 e. The van der Waals surface area contributed by atoms with Gasteiger partial charge in [0.1, 0.15) is 12.1 Å². The third-order valence-electron chi connectivity index (χ3n) is 6.84. The molecule has 2 aromatic rings. The Labute approximate surface area is 157 Å². The zero-order valence-electron chi connectivity index (χ0n) is 15.6. The standard InChI is InChI=1S/C21H24N2O4/c1-12-16-10-23(25)8-7-14-13-5-3-4-6-18(13)22-20(14)19(23)9-15(16)17(11-27-12)21(24)26-2/h3-6,11-12,15-16,19,22H,7-10H2,1-2H3/t12?,15-,16-,19-,23?/m1/s1. The van der Waals surface area contributed by atoms with Gasteiger partial charge in [-0.1, -0.05) is 18.2 Å². The number of H-pyrrole nitrogens is 1. The lowest BCUT2D eigenvalue weighted by Gasteiger charge is -2.58. The van der Waals surface area contributed by atoms with E-state index in [1.54, 1.807) is 6.26 Å². The number of aromatic nitrogens is 1. The zero-order valence-corrected chi connectivity index (χ0v) is 15.6. The minimum atomic E-state index is -0.351. The Morgan fingerprint density at radius 2 is 2.19 bits per heavy atom. The van der Waals surface area contributed by atoms with E-state index >= 15 is 0 Å². The molecular weight excluding hydrogens is 344 g/mol. The second kappa shape index (κ2) is 5.84. The Hall–Kier alpha value is -2.31. The molecule has 0 aliphatic carbocycles. The molecule has 0 bridgehead atoms. The molecule has 0 spiro atoms. The number of fused-ring (bicyclic) bond motifs is 6. The maximum Gasteiger partial charge on any atom is 0.337 e. The van der Waals surface area contributed by atoms with Gasteiger partial charge in [-0.15, -0.1) is 0 Å². The van der Waals surface area contributed by atoms with Crippen molar-refractivity contribution in [2.24, 2.45) is 11.8 Å². The van der Waals surface area contributed by atoms with Crippen LogP contribution in [0.5, 0.6) is 0 Å². The highest BCUT2D eigenvalue weighted by Gasteiger charge is 2.52. The summed E-state index contributed by atoms with van der Waals surface area (Å²) in [7, 11) is 1.39. The van der Waals surface area contributed by atoms with Crippen molar-refractivity contribution >= 4 is 16.9 Å². The monoisotopic (exact) mass is 368 g/mol. The summed E-state index contributed by atoms with van der Waals surface area (Å²) >= 11 is 0. The van der Waals surface area contributed by atoms with E-state index in [9.17, 15) is 10.0 Å². The van der Waals surface area contributed by atoms with Crippen LogP contribution < -0.4 is 0 Å². The third kappa shape index (κ3) is 2.36. The highest BCUT2D eigenvalue weighted by Crippen LogP contribution is 2.51. The first-order chi connectivity index (χ1) is 13.0. The van der Waals surface area contributed by atoms with Crippen LogP contribution in [0.1, 0.15) is 30.6 Å². The van der Waals surface area contributed by atoms with Crippen LogP contribution in [0, 0.1) is 17.0 Å². The number of para-hydroxylation sites is 1. The number of hydrogen-bond donors (Lipinski definition) is 1. The molecule has 142 valence electrons. The number of hydrogen-bond acceptors (Lipinski definition) is 4. The number of nitrogens with zero attached hydrogens (tertiary/aromatic N) is 1. The molecule has 1 N–H and O–H groups in total. The van der Waals surface area contributed by atoms with Crippen LogP contribution in [-0.2, 0) is 20.7 Å². The summed E-state index contributed by atoms with van der Waals surface area (Å²) in [6.45, 7) is 3.04. The van der Waals surface area contributed by atoms with Gasteiger partial charge in [-0.05, 0) is 18.6 Å². The van der Waals surface area contributed by atoms with E-state index in [4.69, 9.17) is 9.47 Å². The Morgan fingerprint density at radius 3 is 3.00 bits per heavy atom. The van der Waals surface area contributed by atoms with E-state index in [0.717, 1.165) is 17.6 Å². The molecule has 5 rings (SSSR count). The third-order valence-corrected chi connectivity index (χ3v) is 6.84. The number of methoxy groups -OCH3 is 1. The Bertz CT molecular complexity index is 949. The molecule has 0 radical (unpaired) electrons. The van der Waals surface area contributed by atoms with Crippen LogP contribution in [-0.4, -0.2) is 41.9 Å². The molecule has 0 saturated carbocycles. The second-order valence-electron chi connectivity index (χ2n) is 8.10. The number of quaternary nitrogens is 1. The topological polar surface area (TPSA) is 74.4 Å². The van der Waals surface area contributed by atoms with Crippen molar-refractivity contribution in [2.45, 2.75) is 31.9 Å². The average Bonchev–Trinajstić information content (AvgIpc) is 3.05. The maximum atomic E-state index is 13.8. The SMILES string of the molecule is COC(=O)C1=COC(C)[C@H]2C[N+]3([O-])CCc4c([nH]c5ccccc45)[C@H]3C[C@@H]12. The molecule has 0 amide bonds. The van der Waals surface area contributed by atoms with Crippen molar-refractivity contribution in [3.8, 4) is 0 Å². The van der Waals surface area contributed by atoms with Crippen LogP contribution in [0.3, 0.4) is 0 Å². The summed E-state index contributed by atoms with van der Waals surface area (Å²) in [6, 6.07) is 8.06. The van der Waals surface area contributed by atoms with Gasteiger partial charge in [0.15, 0.2) is 0 Å². The lowest BCUT2D eigenvalue weighted by molar-refractivity contribution is -0.924. The fourth-order valence-corrected chi connectivity index (χ4v) is 5.41. The Balaban J connectivity index is 1.59. The van der Waals surface area contributed by atoms with E-state index in [1.807, 2.05) is 19.1 Å². The summed E-state index contributed by atoms with van der Waals surface area (Å²) < 4.78 is 10.4. The molecule has 2 unspecified atom stereocenters. The van der Waals surface area contributed by atoms with E-state index in [1.165, 1.54) is 18.1 Å². The predicted octanol–water partition coefficient (Wildman–Crippen LogP) is 3.19. The van der Waals surface area contributed by atoms with Gasteiger partial charge in [0.25, 0.3) is 0 Å². The number of benzene rings is 1. The maximum absolute atomic E-state index is 13.8. The van der Waals surface area contributed by atoms with Gasteiger partial charge in [0.05, 0.1) is 43.6 Å². The molecular formula is C21H24N2O4. The van der Waals surface area contributed by atoms with Gasteiger partial charge >= 0.3 is 5.97 Å². The summed E-state index contributed by atoms with van der Waals surface area (Å²) in [4.78, 5) is 15.8. The number of carbonyl (C=O) groups excluding carboxylic acids is 1. The molecule has 1 saturated heterocycles. The minimum absolute atomic E-state index is 0.0104. The number of esters is 1. The summed E-state index contributed by atoms with van der Waals surface area (Å²) in [5.41, 5.74) is 3.97. The van der Waals surface area contributed by atoms with E-state index < -0.39 is 0 Å². The number of piperidine rings is 1. The summed E-state index contributed by atoms with van der Waals surface area (Å²) in [5.74, 6) is -0.331. The smallest absolute Gasteiger partial charge is 0.337 e. The van der Waals surface area contributed by atoms with E-state index in [2.05, 4.69) is 17.1 Å². The summed E-state index contributed by atoms with van der Waals surface area (Å²) in [6.07, 6.45) is 2.91. The molecule has 27 heavy (non-hydrogen) atoms. The van der Waals surface area contributed by atoms with Gasteiger partial charge in [-0.3, -0.25) is 0 Å². The van der Waals surface area contributed by atoms with Crippen LogP contribution in [0.15, 0.2) is 36.1 Å². The quantitative estimate of drug-likeness (QED) is 0.477. The van der Waals surface area contributed by atoms with Crippen LogP contribution in [0.2, 0.25) is 0 Å². The lowest BCUT2D eigenvalue weighted by Crippen LogP contribution is -2.60. The lowest BCUT2D eigenvalue weighted by atomic mass is 9.72. The van der Waals surface area contributed by atoms with E-state index in [-0.39, 0.29) is 34.6 Å². The van der Waals surface area contributed by atoms with Gasteiger partial charge in [0.2, 0.25) is 0 Å². The number of hydroxylamine groups is 3. The van der Waals surface area contributed by atoms with Crippen molar-refractivity contribution in [1.82, 2.24) is 4.98 Å². The number of nitrogens with one attached hydrogen (secondary N) is 1. The van der Waals surface area contributed by atoms with Crippen molar-refractivity contribution in [2.75, 3.05) is 20.2 Å². The Morgan fingerprint density at radius 1 is 1.37 bits per heavy atom. The van der Waals surface area contributed by atoms with Crippen molar-refractivity contribution < 1.29 is 18.9 Å². The highest BCUT2D eigenvalue weighted by molar-refractivity contribution is 5.89.